The average Bonchev–Trinajstić information content (AvgIpc) is 2.82. The van der Waals surface area contributed by atoms with Crippen molar-refractivity contribution in [3.63, 3.8) is 0 Å². The fraction of sp³-hybridized carbons (Fsp3) is 0.737. The van der Waals surface area contributed by atoms with E-state index in [-0.39, 0.29) is 23.4 Å². The van der Waals surface area contributed by atoms with Crippen LogP contribution in [0.25, 0.3) is 0 Å². The van der Waals surface area contributed by atoms with E-state index in [0.717, 1.165) is 23.3 Å². The molecule has 0 aliphatic heterocycles. The van der Waals surface area contributed by atoms with Gasteiger partial charge in [0.25, 0.3) is 0 Å². The molecule has 0 bridgehead atoms. The first-order chi connectivity index (χ1) is 10.4. The molecule has 122 valence electrons. The van der Waals surface area contributed by atoms with E-state index in [0.29, 0.717) is 11.8 Å². The Kier molecular flexibility index (Phi) is 3.86. The smallest absolute Gasteiger partial charge is 0.309 e. The maximum absolute atomic E-state index is 12.3. The summed E-state index contributed by atoms with van der Waals surface area (Å²) in [5.74, 6) is 1.93. The number of furan rings is 1. The molecule has 1 saturated carbocycles. The maximum atomic E-state index is 12.3. The van der Waals surface area contributed by atoms with Gasteiger partial charge in [-0.2, -0.15) is 0 Å². The highest BCUT2D eigenvalue weighted by Crippen LogP contribution is 2.59. The van der Waals surface area contributed by atoms with Gasteiger partial charge in [-0.05, 0) is 30.7 Å². The van der Waals surface area contributed by atoms with Crippen molar-refractivity contribution in [1.29, 1.82) is 0 Å². The molecule has 4 atom stereocenters. The predicted molar refractivity (Wildman–Crippen MR) is 85.4 cm³/mol. The van der Waals surface area contributed by atoms with Crippen LogP contribution in [0.3, 0.4) is 0 Å². The molecule has 4 unspecified atom stereocenters. The zero-order chi connectivity index (χ0) is 16.1. The second-order valence-corrected chi connectivity index (χ2v) is 7.83. The third kappa shape index (κ3) is 2.21. The number of ether oxygens (including phenoxy) is 1. The standard InChI is InChI=1S/C19H28O3/c1-11(2)18(20)22-17-16-12(3)10-21-15(16)9-14-8-6-7-13(4)19(14,17)5/h10-11,13-14,17H,6-9H2,1-5H3. The second kappa shape index (κ2) is 5.43. The van der Waals surface area contributed by atoms with E-state index in [1.807, 2.05) is 20.1 Å². The first-order valence-corrected chi connectivity index (χ1v) is 8.63. The molecule has 1 aromatic heterocycles. The molecule has 22 heavy (non-hydrogen) atoms. The lowest BCUT2D eigenvalue weighted by atomic mass is 9.54. The molecule has 0 spiro atoms. The Labute approximate surface area is 133 Å². The zero-order valence-electron chi connectivity index (χ0n) is 14.4. The normalized spacial score (nSPS) is 34.2. The minimum absolute atomic E-state index is 0.0183. The SMILES string of the molecule is Cc1coc2c1C(OC(=O)C(C)C)C1(C)C(C)CCCC1C2. The van der Waals surface area contributed by atoms with Crippen LogP contribution in [0.4, 0.5) is 0 Å². The number of fused-ring (bicyclic) bond motifs is 2. The van der Waals surface area contributed by atoms with E-state index >= 15 is 0 Å². The number of aryl methyl sites for hydroxylation is 1. The Morgan fingerprint density at radius 2 is 2.14 bits per heavy atom. The quantitative estimate of drug-likeness (QED) is 0.735. The monoisotopic (exact) mass is 304 g/mol. The summed E-state index contributed by atoms with van der Waals surface area (Å²) in [6, 6.07) is 0. The Bertz CT molecular complexity index is 571. The Balaban J connectivity index is 2.06. The van der Waals surface area contributed by atoms with Crippen LogP contribution in [0.1, 0.15) is 69.9 Å². The van der Waals surface area contributed by atoms with Crippen molar-refractivity contribution in [3.8, 4) is 0 Å². The van der Waals surface area contributed by atoms with Gasteiger partial charge >= 0.3 is 5.97 Å². The average molecular weight is 304 g/mol. The molecule has 0 amide bonds. The molecule has 0 N–H and O–H groups in total. The van der Waals surface area contributed by atoms with E-state index in [4.69, 9.17) is 9.15 Å². The van der Waals surface area contributed by atoms with Gasteiger partial charge < -0.3 is 9.15 Å². The highest BCUT2D eigenvalue weighted by atomic mass is 16.5. The Morgan fingerprint density at radius 1 is 1.41 bits per heavy atom. The topological polar surface area (TPSA) is 39.4 Å². The summed E-state index contributed by atoms with van der Waals surface area (Å²) in [6.07, 6.45) is 6.34. The van der Waals surface area contributed by atoms with Crippen molar-refractivity contribution < 1.29 is 13.9 Å². The zero-order valence-corrected chi connectivity index (χ0v) is 14.4. The second-order valence-electron chi connectivity index (χ2n) is 7.83. The molecule has 2 aliphatic carbocycles. The highest BCUT2D eigenvalue weighted by Gasteiger charge is 2.54. The molecule has 0 aromatic carbocycles. The lowest BCUT2D eigenvalue weighted by molar-refractivity contribution is -0.173. The number of rotatable bonds is 2. The number of hydrogen-bond donors (Lipinski definition) is 0. The lowest BCUT2D eigenvalue weighted by Crippen LogP contribution is -2.48. The van der Waals surface area contributed by atoms with Gasteiger partial charge in [-0.25, -0.2) is 0 Å². The molecule has 1 aromatic rings. The number of carbonyl (C=O) groups is 1. The minimum Gasteiger partial charge on any atom is -0.469 e. The summed E-state index contributed by atoms with van der Waals surface area (Å²) >= 11 is 0. The van der Waals surface area contributed by atoms with Crippen molar-refractivity contribution in [2.24, 2.45) is 23.2 Å². The Hall–Kier alpha value is -1.25. The van der Waals surface area contributed by atoms with Gasteiger partial charge in [0.05, 0.1) is 12.2 Å². The molecule has 0 radical (unpaired) electrons. The van der Waals surface area contributed by atoms with Gasteiger partial charge in [0.15, 0.2) is 0 Å². The van der Waals surface area contributed by atoms with Crippen LogP contribution in [-0.2, 0) is 16.0 Å². The van der Waals surface area contributed by atoms with Crippen molar-refractivity contribution >= 4 is 5.97 Å². The van der Waals surface area contributed by atoms with E-state index in [1.54, 1.807) is 0 Å². The van der Waals surface area contributed by atoms with E-state index in [2.05, 4.69) is 20.8 Å². The first-order valence-electron chi connectivity index (χ1n) is 8.63. The van der Waals surface area contributed by atoms with E-state index in [1.165, 1.54) is 19.3 Å². The van der Waals surface area contributed by atoms with Crippen molar-refractivity contribution in [3.05, 3.63) is 23.2 Å². The van der Waals surface area contributed by atoms with Gasteiger partial charge in [-0.3, -0.25) is 4.79 Å². The largest absolute Gasteiger partial charge is 0.469 e. The Morgan fingerprint density at radius 3 is 2.82 bits per heavy atom. The molecule has 0 saturated heterocycles. The number of carbonyl (C=O) groups excluding carboxylic acids is 1. The first kappa shape index (κ1) is 15.6. The molecule has 1 fully saturated rings. The van der Waals surface area contributed by atoms with Crippen LogP contribution in [0.2, 0.25) is 0 Å². The van der Waals surface area contributed by atoms with Crippen LogP contribution >= 0.6 is 0 Å². The summed E-state index contributed by atoms with van der Waals surface area (Å²) < 4.78 is 11.9. The summed E-state index contributed by atoms with van der Waals surface area (Å²) in [7, 11) is 0. The van der Waals surface area contributed by atoms with Crippen molar-refractivity contribution in [2.75, 3.05) is 0 Å². The van der Waals surface area contributed by atoms with E-state index < -0.39 is 0 Å². The lowest BCUT2D eigenvalue weighted by Gasteiger charge is -2.52. The van der Waals surface area contributed by atoms with Crippen LogP contribution in [-0.4, -0.2) is 5.97 Å². The van der Waals surface area contributed by atoms with Crippen LogP contribution in [0.5, 0.6) is 0 Å². The van der Waals surface area contributed by atoms with Crippen molar-refractivity contribution in [2.45, 2.75) is 66.4 Å². The fourth-order valence-corrected chi connectivity index (χ4v) is 4.48. The molecule has 3 nitrogen and oxygen atoms in total. The van der Waals surface area contributed by atoms with Crippen molar-refractivity contribution in [1.82, 2.24) is 0 Å². The molecule has 1 heterocycles. The van der Waals surface area contributed by atoms with Gasteiger partial charge in [0.1, 0.15) is 11.9 Å². The van der Waals surface area contributed by atoms with E-state index in [9.17, 15) is 4.79 Å². The molecular formula is C19H28O3. The third-order valence-electron chi connectivity index (χ3n) is 6.20. The molecule has 3 heteroatoms. The number of esters is 1. The summed E-state index contributed by atoms with van der Waals surface area (Å²) in [5, 5.41) is 0. The fourth-order valence-electron chi connectivity index (χ4n) is 4.48. The number of hydrogen-bond acceptors (Lipinski definition) is 3. The minimum atomic E-state index is -0.162. The van der Waals surface area contributed by atoms with Gasteiger partial charge in [-0.1, -0.05) is 40.5 Å². The van der Waals surface area contributed by atoms with Gasteiger partial charge in [-0.15, -0.1) is 0 Å². The predicted octanol–water partition coefficient (Wildman–Crippen LogP) is 4.83. The summed E-state index contributed by atoms with van der Waals surface area (Å²) in [5.41, 5.74) is 2.28. The van der Waals surface area contributed by atoms with Crippen LogP contribution < -0.4 is 0 Å². The van der Waals surface area contributed by atoms with Crippen LogP contribution in [0, 0.1) is 30.1 Å². The molecule has 3 rings (SSSR count). The van der Waals surface area contributed by atoms with Gasteiger partial charge in [0.2, 0.25) is 0 Å². The third-order valence-corrected chi connectivity index (χ3v) is 6.20. The molecule has 2 aliphatic rings. The summed E-state index contributed by atoms with van der Waals surface area (Å²) in [6.45, 7) is 10.5. The summed E-state index contributed by atoms with van der Waals surface area (Å²) in [4.78, 5) is 12.3. The molecular weight excluding hydrogens is 276 g/mol. The highest BCUT2D eigenvalue weighted by molar-refractivity contribution is 5.72. The van der Waals surface area contributed by atoms with Crippen LogP contribution in [0.15, 0.2) is 10.7 Å². The maximum Gasteiger partial charge on any atom is 0.309 e. The van der Waals surface area contributed by atoms with Gasteiger partial charge in [0, 0.05) is 17.4 Å².